The predicted molar refractivity (Wildman–Crippen MR) is 55.3 cm³/mol. The highest BCUT2D eigenvalue weighted by atomic mass is 15.1. The van der Waals surface area contributed by atoms with Crippen LogP contribution in [0.3, 0.4) is 0 Å². The fourth-order valence-corrected chi connectivity index (χ4v) is 1.09. The van der Waals surface area contributed by atoms with Crippen LogP contribution in [0.15, 0.2) is 0 Å². The molecule has 12 heavy (non-hydrogen) atoms. The van der Waals surface area contributed by atoms with E-state index in [4.69, 9.17) is 0 Å². The van der Waals surface area contributed by atoms with E-state index in [2.05, 4.69) is 38.3 Å². The van der Waals surface area contributed by atoms with Crippen molar-refractivity contribution in [3.8, 4) is 0 Å². The standard InChI is InChI=1S/C10H24N2/c1-5-7-10(4)12-8-11-9(3)6-2/h9-12H,5-8H2,1-4H3. The average molecular weight is 172 g/mol. The first-order valence-corrected chi connectivity index (χ1v) is 5.17. The van der Waals surface area contributed by atoms with Crippen LogP contribution in [0.2, 0.25) is 0 Å². The Hall–Kier alpha value is -0.0800. The van der Waals surface area contributed by atoms with Crippen LogP contribution in [0.4, 0.5) is 0 Å². The molecule has 0 aliphatic carbocycles. The number of hydrogen-bond donors (Lipinski definition) is 2. The van der Waals surface area contributed by atoms with E-state index < -0.39 is 0 Å². The average Bonchev–Trinajstić information content (AvgIpc) is 2.04. The van der Waals surface area contributed by atoms with Crippen molar-refractivity contribution in [2.75, 3.05) is 6.67 Å². The summed E-state index contributed by atoms with van der Waals surface area (Å²) >= 11 is 0. The molecule has 0 heterocycles. The Bertz CT molecular complexity index is 93.8. The number of rotatable bonds is 7. The van der Waals surface area contributed by atoms with Crippen LogP contribution < -0.4 is 10.6 Å². The maximum absolute atomic E-state index is 3.44. The molecule has 2 N–H and O–H groups in total. The van der Waals surface area contributed by atoms with E-state index in [1.165, 1.54) is 19.3 Å². The molecular formula is C10H24N2. The molecule has 0 aromatic rings. The molecule has 0 radical (unpaired) electrons. The molecule has 0 rings (SSSR count). The van der Waals surface area contributed by atoms with E-state index >= 15 is 0 Å². The van der Waals surface area contributed by atoms with Crippen molar-refractivity contribution in [1.82, 2.24) is 10.6 Å². The summed E-state index contributed by atoms with van der Waals surface area (Å²) in [5.74, 6) is 0. The number of nitrogens with one attached hydrogen (secondary N) is 2. The molecule has 2 atom stereocenters. The van der Waals surface area contributed by atoms with Gasteiger partial charge in [0.25, 0.3) is 0 Å². The second-order valence-electron chi connectivity index (χ2n) is 3.58. The van der Waals surface area contributed by atoms with Gasteiger partial charge in [-0.05, 0) is 26.7 Å². The molecule has 0 fully saturated rings. The van der Waals surface area contributed by atoms with Crippen molar-refractivity contribution in [1.29, 1.82) is 0 Å². The molecule has 0 aromatic carbocycles. The highest BCUT2D eigenvalue weighted by Crippen LogP contribution is 1.93. The number of hydrogen-bond acceptors (Lipinski definition) is 2. The van der Waals surface area contributed by atoms with Crippen LogP contribution in [0, 0.1) is 0 Å². The molecule has 0 spiro atoms. The summed E-state index contributed by atoms with van der Waals surface area (Å²) < 4.78 is 0. The first kappa shape index (κ1) is 11.9. The van der Waals surface area contributed by atoms with Crippen molar-refractivity contribution in [3.63, 3.8) is 0 Å². The molecule has 0 aromatic heterocycles. The second-order valence-corrected chi connectivity index (χ2v) is 3.58. The lowest BCUT2D eigenvalue weighted by atomic mass is 10.2. The van der Waals surface area contributed by atoms with Crippen molar-refractivity contribution in [3.05, 3.63) is 0 Å². The minimum atomic E-state index is 0.631. The van der Waals surface area contributed by atoms with E-state index in [0.29, 0.717) is 12.1 Å². The minimum Gasteiger partial charge on any atom is -0.302 e. The molecular weight excluding hydrogens is 148 g/mol. The van der Waals surface area contributed by atoms with Crippen molar-refractivity contribution in [2.24, 2.45) is 0 Å². The lowest BCUT2D eigenvalue weighted by molar-refractivity contribution is 0.437. The van der Waals surface area contributed by atoms with Gasteiger partial charge in [0.15, 0.2) is 0 Å². The van der Waals surface area contributed by atoms with Gasteiger partial charge in [-0.3, -0.25) is 0 Å². The SMILES string of the molecule is CCCC(C)NCNC(C)CC. The summed E-state index contributed by atoms with van der Waals surface area (Å²) in [5, 5.41) is 6.85. The van der Waals surface area contributed by atoms with Crippen LogP contribution in [0.5, 0.6) is 0 Å². The highest BCUT2D eigenvalue weighted by Gasteiger charge is 1.99. The molecule has 2 heteroatoms. The lowest BCUT2D eigenvalue weighted by Crippen LogP contribution is -2.39. The van der Waals surface area contributed by atoms with Crippen LogP contribution >= 0.6 is 0 Å². The Labute approximate surface area is 77.1 Å². The Balaban J connectivity index is 3.18. The first-order valence-electron chi connectivity index (χ1n) is 5.17. The molecule has 0 aliphatic rings. The Morgan fingerprint density at radius 1 is 1.00 bits per heavy atom. The normalized spacial score (nSPS) is 16.0. The highest BCUT2D eigenvalue weighted by molar-refractivity contribution is 4.61. The van der Waals surface area contributed by atoms with Gasteiger partial charge in [0.1, 0.15) is 0 Å². The summed E-state index contributed by atoms with van der Waals surface area (Å²) in [4.78, 5) is 0. The molecule has 2 unspecified atom stereocenters. The van der Waals surface area contributed by atoms with Crippen molar-refractivity contribution < 1.29 is 0 Å². The zero-order valence-corrected chi connectivity index (χ0v) is 8.98. The van der Waals surface area contributed by atoms with Gasteiger partial charge in [-0.25, -0.2) is 0 Å². The van der Waals surface area contributed by atoms with Gasteiger partial charge >= 0.3 is 0 Å². The van der Waals surface area contributed by atoms with E-state index in [0.717, 1.165) is 6.67 Å². The van der Waals surface area contributed by atoms with E-state index in [1.807, 2.05) is 0 Å². The summed E-state index contributed by atoms with van der Waals surface area (Å²) in [5.41, 5.74) is 0. The zero-order valence-electron chi connectivity index (χ0n) is 8.98. The van der Waals surface area contributed by atoms with Crippen LogP contribution in [0.25, 0.3) is 0 Å². The van der Waals surface area contributed by atoms with E-state index in [1.54, 1.807) is 0 Å². The second kappa shape index (κ2) is 7.56. The van der Waals surface area contributed by atoms with Crippen LogP contribution in [-0.2, 0) is 0 Å². The first-order chi connectivity index (χ1) is 5.70. The van der Waals surface area contributed by atoms with E-state index in [9.17, 15) is 0 Å². The largest absolute Gasteiger partial charge is 0.302 e. The fourth-order valence-electron chi connectivity index (χ4n) is 1.09. The molecule has 2 nitrogen and oxygen atoms in total. The maximum Gasteiger partial charge on any atom is 0.0458 e. The molecule has 74 valence electrons. The fraction of sp³-hybridized carbons (Fsp3) is 1.00. The molecule has 0 saturated heterocycles. The molecule has 0 aliphatic heterocycles. The Morgan fingerprint density at radius 3 is 2.08 bits per heavy atom. The molecule has 0 amide bonds. The Morgan fingerprint density at radius 2 is 1.58 bits per heavy atom. The van der Waals surface area contributed by atoms with Gasteiger partial charge in [-0.15, -0.1) is 0 Å². The quantitative estimate of drug-likeness (QED) is 0.575. The molecule has 0 bridgehead atoms. The van der Waals surface area contributed by atoms with Gasteiger partial charge in [-0.1, -0.05) is 20.3 Å². The van der Waals surface area contributed by atoms with Gasteiger partial charge < -0.3 is 10.6 Å². The van der Waals surface area contributed by atoms with Crippen molar-refractivity contribution in [2.45, 2.75) is 59.0 Å². The summed E-state index contributed by atoms with van der Waals surface area (Å²) in [6.45, 7) is 9.82. The van der Waals surface area contributed by atoms with Crippen molar-refractivity contribution >= 4 is 0 Å². The summed E-state index contributed by atoms with van der Waals surface area (Å²) in [6, 6.07) is 1.28. The van der Waals surface area contributed by atoms with Gasteiger partial charge in [-0.2, -0.15) is 0 Å². The van der Waals surface area contributed by atoms with E-state index in [-0.39, 0.29) is 0 Å². The van der Waals surface area contributed by atoms with Gasteiger partial charge in [0.05, 0.1) is 0 Å². The third kappa shape index (κ3) is 6.62. The Kier molecular flexibility index (Phi) is 7.51. The third-order valence-corrected chi connectivity index (χ3v) is 2.24. The predicted octanol–water partition coefficient (Wildman–Crippen LogP) is 2.11. The van der Waals surface area contributed by atoms with Crippen LogP contribution in [0.1, 0.15) is 47.0 Å². The molecule has 0 saturated carbocycles. The minimum absolute atomic E-state index is 0.631. The third-order valence-electron chi connectivity index (χ3n) is 2.24. The zero-order chi connectivity index (χ0) is 9.40. The lowest BCUT2D eigenvalue weighted by Gasteiger charge is -2.16. The summed E-state index contributed by atoms with van der Waals surface area (Å²) in [6.07, 6.45) is 3.73. The summed E-state index contributed by atoms with van der Waals surface area (Å²) in [7, 11) is 0. The topological polar surface area (TPSA) is 24.1 Å². The smallest absolute Gasteiger partial charge is 0.0458 e. The monoisotopic (exact) mass is 172 g/mol. The van der Waals surface area contributed by atoms with Gasteiger partial charge in [0, 0.05) is 18.8 Å². The maximum atomic E-state index is 3.44. The van der Waals surface area contributed by atoms with Gasteiger partial charge in [0.2, 0.25) is 0 Å². The van der Waals surface area contributed by atoms with Crippen LogP contribution in [-0.4, -0.2) is 18.8 Å².